The Labute approximate surface area is 163 Å². The predicted molar refractivity (Wildman–Crippen MR) is 100 cm³/mol. The maximum atomic E-state index is 13.0. The highest BCUT2D eigenvalue weighted by atomic mass is 32.2. The van der Waals surface area contributed by atoms with Crippen molar-refractivity contribution in [2.75, 3.05) is 13.9 Å². The van der Waals surface area contributed by atoms with Crippen molar-refractivity contribution in [1.82, 2.24) is 0 Å². The summed E-state index contributed by atoms with van der Waals surface area (Å²) in [5.74, 6) is 0.118. The highest BCUT2D eigenvalue weighted by Crippen LogP contribution is 2.29. The summed E-state index contributed by atoms with van der Waals surface area (Å²) in [4.78, 5) is 22.1. The lowest BCUT2D eigenvalue weighted by molar-refractivity contribution is 0.0503. The molecule has 0 unspecified atom stereocenters. The zero-order valence-electron chi connectivity index (χ0n) is 15.5. The summed E-state index contributed by atoms with van der Waals surface area (Å²) in [6, 6.07) is 10.4. The van der Waals surface area contributed by atoms with Gasteiger partial charge in [-0.25, -0.2) is 13.2 Å². The minimum Gasteiger partial charge on any atom is -0.467 e. The van der Waals surface area contributed by atoms with Gasteiger partial charge in [-0.2, -0.15) is 0 Å². The van der Waals surface area contributed by atoms with E-state index in [2.05, 4.69) is 0 Å². The minimum absolute atomic E-state index is 0.0201. The lowest BCUT2D eigenvalue weighted by Gasteiger charge is -2.13. The lowest BCUT2D eigenvalue weighted by atomic mass is 10.1. The third-order valence-electron chi connectivity index (χ3n) is 3.84. The number of rotatable bonds is 9. The molecule has 0 aliphatic rings. The summed E-state index contributed by atoms with van der Waals surface area (Å²) in [5, 5.41) is 0. The second-order valence-corrected chi connectivity index (χ2v) is 7.85. The summed E-state index contributed by atoms with van der Waals surface area (Å²) >= 11 is 0. The Bertz CT molecular complexity index is 939. The van der Waals surface area contributed by atoms with Crippen LogP contribution in [0.2, 0.25) is 0 Å². The molecular weight excluding hydrogens is 386 g/mol. The highest BCUT2D eigenvalue weighted by Gasteiger charge is 2.24. The van der Waals surface area contributed by atoms with Crippen molar-refractivity contribution >= 4 is 22.2 Å². The molecule has 9 heteroatoms. The van der Waals surface area contributed by atoms with Gasteiger partial charge in [0.25, 0.3) is 0 Å². The van der Waals surface area contributed by atoms with Crippen molar-refractivity contribution in [2.24, 2.45) is 5.73 Å². The number of ether oxygens (including phenoxy) is 3. The first kappa shape index (κ1) is 21.4. The van der Waals surface area contributed by atoms with Crippen LogP contribution in [0.1, 0.15) is 22.8 Å². The largest absolute Gasteiger partial charge is 0.467 e. The molecule has 150 valence electrons. The normalized spacial score (nSPS) is 12.2. The van der Waals surface area contributed by atoms with Crippen molar-refractivity contribution in [3.8, 4) is 5.75 Å². The number of primary amides is 1. The van der Waals surface area contributed by atoms with Crippen molar-refractivity contribution in [3.05, 3.63) is 53.6 Å². The van der Waals surface area contributed by atoms with Gasteiger partial charge in [0.2, 0.25) is 9.84 Å². The number of carbonyl (C=O) groups is 2. The first-order valence-electron chi connectivity index (χ1n) is 8.29. The van der Waals surface area contributed by atoms with Gasteiger partial charge in [-0.15, -0.1) is 0 Å². The fourth-order valence-electron chi connectivity index (χ4n) is 2.63. The van der Waals surface area contributed by atoms with Crippen LogP contribution in [0.15, 0.2) is 52.3 Å². The molecule has 0 spiro atoms. The SMILES string of the molecule is COCOc1cccc(S(=O)(=O)c2ccc(C[C@@H](C)OC(N)=O)cc2)c1C=O. The molecule has 0 fully saturated rings. The van der Waals surface area contributed by atoms with Gasteiger partial charge in [-0.3, -0.25) is 4.79 Å². The molecule has 0 saturated heterocycles. The van der Waals surface area contributed by atoms with Gasteiger partial charge >= 0.3 is 6.09 Å². The molecule has 0 heterocycles. The van der Waals surface area contributed by atoms with Crippen LogP contribution in [0, 0.1) is 0 Å². The topological polar surface area (TPSA) is 122 Å². The van der Waals surface area contributed by atoms with E-state index in [0.29, 0.717) is 12.7 Å². The Kier molecular flexibility index (Phi) is 7.13. The molecule has 0 aliphatic carbocycles. The Morgan fingerprint density at radius 3 is 2.43 bits per heavy atom. The Morgan fingerprint density at radius 1 is 1.18 bits per heavy atom. The number of sulfone groups is 1. The summed E-state index contributed by atoms with van der Waals surface area (Å²) in [6.07, 6.45) is -0.502. The molecule has 1 amide bonds. The van der Waals surface area contributed by atoms with Gasteiger partial charge in [0.15, 0.2) is 13.1 Å². The predicted octanol–water partition coefficient (Wildman–Crippen LogP) is 2.34. The molecule has 2 rings (SSSR count). The van der Waals surface area contributed by atoms with Crippen LogP contribution in [-0.2, 0) is 25.7 Å². The number of aldehydes is 1. The van der Waals surface area contributed by atoms with Crippen molar-refractivity contribution in [1.29, 1.82) is 0 Å². The van der Waals surface area contributed by atoms with Crippen LogP contribution in [0.3, 0.4) is 0 Å². The first-order chi connectivity index (χ1) is 13.3. The van der Waals surface area contributed by atoms with E-state index in [9.17, 15) is 18.0 Å². The molecule has 2 aromatic carbocycles. The number of benzene rings is 2. The molecule has 0 radical (unpaired) electrons. The average Bonchev–Trinajstić information content (AvgIpc) is 2.65. The summed E-state index contributed by atoms with van der Waals surface area (Å²) in [7, 11) is -2.54. The second kappa shape index (κ2) is 9.34. The molecular formula is C19H21NO7S. The molecule has 0 saturated carbocycles. The standard InChI is InChI=1S/C19H21NO7S/c1-13(27-19(20)22)10-14-6-8-15(9-7-14)28(23,24)18-5-3-4-17(16(18)11-21)26-12-25-2/h3-9,11,13H,10,12H2,1-2H3,(H2,20,22)/t13-/m1/s1. The summed E-state index contributed by atoms with van der Waals surface area (Å²) in [5.41, 5.74) is 5.66. The van der Waals surface area contributed by atoms with Gasteiger partial charge in [-0.1, -0.05) is 18.2 Å². The van der Waals surface area contributed by atoms with Gasteiger partial charge in [0.05, 0.1) is 15.4 Å². The molecule has 0 bridgehead atoms. The molecule has 1 atom stereocenters. The molecule has 28 heavy (non-hydrogen) atoms. The van der Waals surface area contributed by atoms with Crippen molar-refractivity contribution in [3.63, 3.8) is 0 Å². The Hall–Kier alpha value is -2.91. The van der Waals surface area contributed by atoms with Crippen LogP contribution >= 0.6 is 0 Å². The van der Waals surface area contributed by atoms with E-state index < -0.39 is 22.0 Å². The monoisotopic (exact) mass is 407 g/mol. The first-order valence-corrected chi connectivity index (χ1v) is 9.78. The third kappa shape index (κ3) is 5.08. The number of carbonyl (C=O) groups excluding carboxylic acids is 2. The second-order valence-electron chi connectivity index (χ2n) is 5.94. The van der Waals surface area contributed by atoms with Crippen LogP contribution in [0.4, 0.5) is 4.79 Å². The Balaban J connectivity index is 2.32. The minimum atomic E-state index is -3.95. The van der Waals surface area contributed by atoms with Gasteiger partial charge < -0.3 is 19.9 Å². The maximum absolute atomic E-state index is 13.0. The van der Waals surface area contributed by atoms with Crippen LogP contribution in [0.5, 0.6) is 5.75 Å². The van der Waals surface area contributed by atoms with E-state index >= 15 is 0 Å². The maximum Gasteiger partial charge on any atom is 0.404 e. The van der Waals surface area contributed by atoms with Crippen molar-refractivity contribution < 1.29 is 32.2 Å². The number of amides is 1. The van der Waals surface area contributed by atoms with Gasteiger partial charge in [0, 0.05) is 13.5 Å². The van der Waals surface area contributed by atoms with Gasteiger partial charge in [0.1, 0.15) is 11.9 Å². The highest BCUT2D eigenvalue weighted by molar-refractivity contribution is 7.91. The third-order valence-corrected chi connectivity index (χ3v) is 5.67. The number of methoxy groups -OCH3 is 1. The van der Waals surface area contributed by atoms with Gasteiger partial charge in [-0.05, 0) is 36.8 Å². The van der Waals surface area contributed by atoms with Crippen LogP contribution < -0.4 is 10.5 Å². The molecule has 0 aliphatic heterocycles. The Morgan fingerprint density at radius 2 is 1.86 bits per heavy atom. The number of nitrogens with two attached hydrogens (primary N) is 1. The van der Waals surface area contributed by atoms with Crippen molar-refractivity contribution in [2.45, 2.75) is 29.2 Å². The number of hydrogen-bond donors (Lipinski definition) is 1. The van der Waals surface area contributed by atoms with E-state index in [4.69, 9.17) is 19.9 Å². The van der Waals surface area contributed by atoms with E-state index in [1.807, 2.05) is 0 Å². The zero-order chi connectivity index (χ0) is 20.7. The average molecular weight is 407 g/mol. The smallest absolute Gasteiger partial charge is 0.404 e. The summed E-state index contributed by atoms with van der Waals surface area (Å²) < 4.78 is 40.9. The van der Waals surface area contributed by atoms with Crippen LogP contribution in [-0.4, -0.2) is 40.8 Å². The van der Waals surface area contributed by atoms with E-state index in [-0.39, 0.29) is 27.9 Å². The molecule has 8 nitrogen and oxygen atoms in total. The molecule has 2 N–H and O–H groups in total. The molecule has 2 aromatic rings. The summed E-state index contributed by atoms with van der Waals surface area (Å²) in [6.45, 7) is 1.56. The fourth-order valence-corrected chi connectivity index (χ4v) is 4.07. The van der Waals surface area contributed by atoms with E-state index in [0.717, 1.165) is 5.56 Å². The number of hydrogen-bond acceptors (Lipinski definition) is 7. The van der Waals surface area contributed by atoms with E-state index in [1.165, 1.54) is 37.4 Å². The van der Waals surface area contributed by atoms with Crippen LogP contribution in [0.25, 0.3) is 0 Å². The zero-order valence-corrected chi connectivity index (χ0v) is 16.3. The quantitative estimate of drug-likeness (QED) is 0.500. The fraction of sp³-hybridized carbons (Fsp3) is 0.263. The van der Waals surface area contributed by atoms with E-state index in [1.54, 1.807) is 19.1 Å². The lowest BCUT2D eigenvalue weighted by Crippen LogP contribution is -2.21. The molecule has 0 aromatic heterocycles.